The van der Waals surface area contributed by atoms with E-state index >= 15 is 0 Å². The number of hydrogen-bond acceptors (Lipinski definition) is 4. The first-order chi connectivity index (χ1) is 46.6. The third-order valence-corrected chi connectivity index (χ3v) is 18.5. The van der Waals surface area contributed by atoms with Gasteiger partial charge in [0.05, 0.1) is 17.6 Å². The van der Waals surface area contributed by atoms with Crippen molar-refractivity contribution in [2.45, 2.75) is 0 Å². The molecule has 0 amide bonds. The molecule has 94 heavy (non-hydrogen) atoms. The van der Waals surface area contributed by atoms with Crippen LogP contribution in [0.15, 0.2) is 364 Å². The fraction of sp³-hybridized carbons (Fsp3) is 0. The van der Waals surface area contributed by atoms with Crippen LogP contribution in [-0.4, -0.2) is 9.97 Å². The van der Waals surface area contributed by atoms with Gasteiger partial charge in [-0.05, 0) is 223 Å². The lowest BCUT2D eigenvalue weighted by molar-refractivity contribution is 1.18. The minimum Gasteiger partial charge on any atom is -0.309 e. The van der Waals surface area contributed by atoms with Crippen LogP contribution in [0, 0.1) is 0 Å². The van der Waals surface area contributed by atoms with Gasteiger partial charge in [0, 0.05) is 40.1 Å². The number of pyridine rings is 2. The Balaban J connectivity index is 0.000000148. The molecule has 0 radical (unpaired) electrons. The summed E-state index contributed by atoms with van der Waals surface area (Å²) >= 11 is 0. The van der Waals surface area contributed by atoms with E-state index in [1.54, 1.807) is 0 Å². The van der Waals surface area contributed by atoms with Crippen LogP contribution in [0.3, 0.4) is 0 Å². The highest BCUT2D eigenvalue weighted by Gasteiger charge is 2.18. The van der Waals surface area contributed by atoms with Gasteiger partial charge in [-0.1, -0.05) is 243 Å². The molecule has 16 aromatic carbocycles. The normalized spacial score (nSPS) is 11.4. The first-order valence-electron chi connectivity index (χ1n) is 32.1. The first-order valence-corrected chi connectivity index (χ1v) is 32.1. The number of para-hydroxylation sites is 2. The van der Waals surface area contributed by atoms with E-state index < -0.39 is 0 Å². The summed E-state index contributed by atoms with van der Waals surface area (Å²) < 4.78 is 0. The lowest BCUT2D eigenvalue weighted by atomic mass is 9.91. The molecule has 4 nitrogen and oxygen atoms in total. The summed E-state index contributed by atoms with van der Waals surface area (Å²) in [5.74, 6) is 0.885. The van der Waals surface area contributed by atoms with Crippen LogP contribution in [0.4, 0.5) is 34.3 Å². The summed E-state index contributed by atoms with van der Waals surface area (Å²) in [6.07, 6.45) is 3.99. The lowest BCUT2D eigenvalue weighted by Crippen LogP contribution is -2.11. The second-order valence-electron chi connectivity index (χ2n) is 24.1. The topological polar surface area (TPSA) is 32.3 Å². The maximum atomic E-state index is 5.10. The highest BCUT2D eigenvalue weighted by Crippen LogP contribution is 2.43. The Morgan fingerprint density at radius 3 is 0.979 bits per heavy atom. The minimum absolute atomic E-state index is 0.885. The average Bonchev–Trinajstić information content (AvgIpc) is 0.745. The summed E-state index contributed by atoms with van der Waals surface area (Å²) in [6, 6.07) is 126. The molecule has 0 aliphatic heterocycles. The lowest BCUT2D eigenvalue weighted by Gasteiger charge is -2.26. The molecule has 440 valence electrons. The average molecular weight is 1200 g/mol. The van der Waals surface area contributed by atoms with Gasteiger partial charge in [0.15, 0.2) is 0 Å². The number of anilines is 6. The van der Waals surface area contributed by atoms with Crippen LogP contribution in [0.5, 0.6) is 0 Å². The van der Waals surface area contributed by atoms with Crippen molar-refractivity contribution >= 4 is 120 Å². The van der Waals surface area contributed by atoms with Gasteiger partial charge in [0.1, 0.15) is 5.82 Å². The van der Waals surface area contributed by atoms with Crippen molar-refractivity contribution in [2.75, 3.05) is 9.80 Å². The molecule has 4 heteroatoms. The highest BCUT2D eigenvalue weighted by atomic mass is 15.2. The SMILES string of the molecule is c1ccc(-c2ccc(N(c3ccc(-c4ccccc4)cc3)c3ccc(-c4ccc5c(c4)c4ccccc4c4cc6ccccc6cc54)nc3)cc2)cc1.c1ccc(N(c2ccccc2)c2ccc(-c3ccc4cc5c6ccccc6c6ccccc6c5cc4c3)cn2)cc1. The van der Waals surface area contributed by atoms with E-state index in [2.05, 4.69) is 350 Å². The molecule has 0 N–H and O–H groups in total. The predicted molar refractivity (Wildman–Crippen MR) is 400 cm³/mol. The summed E-state index contributed by atoms with van der Waals surface area (Å²) in [5.41, 5.74) is 14.4. The highest BCUT2D eigenvalue weighted by molar-refractivity contribution is 6.29. The van der Waals surface area contributed by atoms with Crippen LogP contribution >= 0.6 is 0 Å². The van der Waals surface area contributed by atoms with Crippen LogP contribution < -0.4 is 9.80 Å². The number of benzene rings is 16. The number of rotatable bonds is 10. The molecule has 0 fully saturated rings. The van der Waals surface area contributed by atoms with Gasteiger partial charge in [-0.2, -0.15) is 0 Å². The molecule has 0 saturated heterocycles. The van der Waals surface area contributed by atoms with Gasteiger partial charge < -0.3 is 4.90 Å². The zero-order chi connectivity index (χ0) is 62.3. The molecule has 0 saturated carbocycles. The largest absolute Gasteiger partial charge is 0.309 e. The second-order valence-corrected chi connectivity index (χ2v) is 24.1. The Hall–Kier alpha value is -12.5. The maximum Gasteiger partial charge on any atom is 0.137 e. The zero-order valence-corrected chi connectivity index (χ0v) is 51.4. The number of hydrogen-bond donors (Lipinski definition) is 0. The monoisotopic (exact) mass is 1200 g/mol. The third kappa shape index (κ3) is 10.4. The minimum atomic E-state index is 0.885. The third-order valence-electron chi connectivity index (χ3n) is 18.5. The molecule has 0 spiro atoms. The number of fused-ring (bicyclic) bond motifs is 14. The number of aromatic nitrogens is 2. The van der Waals surface area contributed by atoms with Crippen LogP contribution in [0.2, 0.25) is 0 Å². The Labute approximate surface area is 545 Å². The maximum absolute atomic E-state index is 5.10. The van der Waals surface area contributed by atoms with Gasteiger partial charge in [-0.25, -0.2) is 4.98 Å². The van der Waals surface area contributed by atoms with Crippen molar-refractivity contribution in [3.8, 4) is 44.6 Å². The molecule has 0 bridgehead atoms. The van der Waals surface area contributed by atoms with Crippen LogP contribution in [0.25, 0.3) is 131 Å². The standard InChI is InChI=1S/C51H34N2.C39H26N2/c1-3-11-35(12-4-1)37-19-24-42(25-20-37)53(43-26-21-38(22-27-43)36-13-5-2-6-14-36)44-28-30-51(52-34-44)41-23-29-47-48(33-41)45-17-9-10-18-46(45)49-31-39-15-7-8-16-40(39)32-50(47)49;1-3-11-31(12-4-1)41(32-13-5-2-6-14-32)39-22-21-29(26-40-39)27-19-20-28-24-37-35-17-9-7-15-33(35)34-16-8-10-18-36(34)38(37)25-30(28)23-27/h1-34H;1-26H. The Bertz CT molecular complexity index is 5680. The van der Waals surface area contributed by atoms with Crippen LogP contribution in [0.1, 0.15) is 0 Å². The van der Waals surface area contributed by atoms with Gasteiger partial charge >= 0.3 is 0 Å². The Morgan fingerprint density at radius 2 is 0.521 bits per heavy atom. The van der Waals surface area contributed by atoms with E-state index in [-0.39, 0.29) is 0 Å². The first kappa shape index (κ1) is 55.6. The summed E-state index contributed by atoms with van der Waals surface area (Å²) in [7, 11) is 0. The molecule has 0 unspecified atom stereocenters. The van der Waals surface area contributed by atoms with Crippen molar-refractivity contribution in [3.63, 3.8) is 0 Å². The van der Waals surface area contributed by atoms with E-state index in [1.807, 2.05) is 24.5 Å². The summed E-state index contributed by atoms with van der Waals surface area (Å²) in [5, 5.41) is 20.4. The van der Waals surface area contributed by atoms with Gasteiger partial charge in [-0.15, -0.1) is 0 Å². The van der Waals surface area contributed by atoms with Crippen molar-refractivity contribution < 1.29 is 0 Å². The molecule has 0 atom stereocenters. The summed E-state index contributed by atoms with van der Waals surface area (Å²) in [6.45, 7) is 0. The van der Waals surface area contributed by atoms with Crippen LogP contribution in [-0.2, 0) is 0 Å². The van der Waals surface area contributed by atoms with Crippen molar-refractivity contribution in [3.05, 3.63) is 364 Å². The molecule has 2 heterocycles. The Kier molecular flexibility index (Phi) is 14.2. The van der Waals surface area contributed by atoms with Crippen molar-refractivity contribution in [1.29, 1.82) is 0 Å². The molecule has 2 aromatic heterocycles. The van der Waals surface area contributed by atoms with Crippen molar-refractivity contribution in [1.82, 2.24) is 9.97 Å². The van der Waals surface area contributed by atoms with Gasteiger partial charge in [0.2, 0.25) is 0 Å². The molecular weight excluding hydrogens is 1140 g/mol. The molecular formula is C90H60N4. The molecule has 18 rings (SSSR count). The Morgan fingerprint density at radius 1 is 0.170 bits per heavy atom. The molecule has 0 aliphatic rings. The smallest absolute Gasteiger partial charge is 0.137 e. The van der Waals surface area contributed by atoms with Crippen molar-refractivity contribution in [2.24, 2.45) is 0 Å². The zero-order valence-electron chi connectivity index (χ0n) is 51.4. The fourth-order valence-corrected chi connectivity index (χ4v) is 13.9. The predicted octanol–water partition coefficient (Wildman–Crippen LogP) is 25.0. The quantitative estimate of drug-likeness (QED) is 0.101. The molecule has 0 aliphatic carbocycles. The second kappa shape index (κ2) is 24.0. The van der Waals surface area contributed by atoms with E-state index in [0.29, 0.717) is 0 Å². The van der Waals surface area contributed by atoms with E-state index in [0.717, 1.165) is 56.6 Å². The fourth-order valence-electron chi connectivity index (χ4n) is 13.9. The van der Waals surface area contributed by atoms with Gasteiger partial charge in [-0.3, -0.25) is 9.88 Å². The van der Waals surface area contributed by atoms with E-state index in [1.165, 1.54) is 108 Å². The summed E-state index contributed by atoms with van der Waals surface area (Å²) in [4.78, 5) is 14.5. The van der Waals surface area contributed by atoms with E-state index in [9.17, 15) is 0 Å². The number of nitrogens with zero attached hydrogens (tertiary/aromatic N) is 4. The van der Waals surface area contributed by atoms with E-state index in [4.69, 9.17) is 9.97 Å². The molecule has 18 aromatic rings. The van der Waals surface area contributed by atoms with Gasteiger partial charge in [0.25, 0.3) is 0 Å².